The number of rotatable bonds is 2. The molecule has 3 rings (SSSR count). The van der Waals surface area contributed by atoms with Crippen LogP contribution in [0.2, 0.25) is 0 Å². The second kappa shape index (κ2) is 4.19. The summed E-state index contributed by atoms with van der Waals surface area (Å²) in [5, 5.41) is 1.34. The van der Waals surface area contributed by atoms with Crippen LogP contribution in [0.4, 0.5) is 0 Å². The lowest BCUT2D eigenvalue weighted by atomic mass is 9.78. The van der Waals surface area contributed by atoms with E-state index in [1.807, 2.05) is 0 Å². The number of nitrogens with two attached hydrogens (primary N) is 1. The van der Waals surface area contributed by atoms with Gasteiger partial charge in [0, 0.05) is 22.6 Å². The molecule has 2 heteroatoms. The van der Waals surface area contributed by atoms with Gasteiger partial charge in [0.2, 0.25) is 0 Å². The summed E-state index contributed by atoms with van der Waals surface area (Å²) >= 11 is 0. The van der Waals surface area contributed by atoms with E-state index >= 15 is 0 Å². The predicted molar refractivity (Wildman–Crippen MR) is 72.0 cm³/mol. The van der Waals surface area contributed by atoms with Crippen LogP contribution in [-0.2, 0) is 6.42 Å². The van der Waals surface area contributed by atoms with Gasteiger partial charge in [-0.3, -0.25) is 0 Å². The molecular weight excluding hydrogens is 208 g/mol. The average molecular weight is 228 g/mol. The number of benzene rings is 1. The molecule has 0 bridgehead atoms. The number of hydrogen-bond acceptors (Lipinski definition) is 1. The van der Waals surface area contributed by atoms with Crippen molar-refractivity contribution in [2.24, 2.45) is 5.73 Å². The van der Waals surface area contributed by atoms with E-state index in [2.05, 4.69) is 35.4 Å². The van der Waals surface area contributed by atoms with E-state index < -0.39 is 0 Å². The predicted octanol–water partition coefficient (Wildman–Crippen LogP) is 3.37. The summed E-state index contributed by atoms with van der Waals surface area (Å²) in [5.74, 6) is 0. The number of H-pyrrole nitrogens is 1. The molecule has 0 amide bonds. The lowest BCUT2D eigenvalue weighted by Crippen LogP contribution is -2.43. The molecule has 0 atom stereocenters. The molecule has 0 spiro atoms. The highest BCUT2D eigenvalue weighted by atomic mass is 14.8. The minimum Gasteiger partial charge on any atom is -0.361 e. The Bertz CT molecular complexity index is 506. The van der Waals surface area contributed by atoms with Gasteiger partial charge in [0.15, 0.2) is 0 Å². The van der Waals surface area contributed by atoms with Crippen molar-refractivity contribution < 1.29 is 0 Å². The smallest absolute Gasteiger partial charge is 0.0456 e. The Morgan fingerprint density at radius 2 is 1.88 bits per heavy atom. The van der Waals surface area contributed by atoms with E-state index in [0.29, 0.717) is 0 Å². The Balaban J connectivity index is 1.89. The molecule has 0 unspecified atom stereocenters. The van der Waals surface area contributed by atoms with E-state index in [1.54, 1.807) is 0 Å². The minimum atomic E-state index is 0.0310. The summed E-state index contributed by atoms with van der Waals surface area (Å²) in [7, 11) is 0. The van der Waals surface area contributed by atoms with Crippen LogP contribution < -0.4 is 5.73 Å². The van der Waals surface area contributed by atoms with Gasteiger partial charge in [0.25, 0.3) is 0 Å². The highest BCUT2D eigenvalue weighted by molar-refractivity contribution is 5.83. The van der Waals surface area contributed by atoms with E-state index in [1.165, 1.54) is 48.6 Å². The maximum Gasteiger partial charge on any atom is 0.0456 e. The third-order valence-corrected chi connectivity index (χ3v) is 4.07. The van der Waals surface area contributed by atoms with Gasteiger partial charge in [-0.1, -0.05) is 37.5 Å². The van der Waals surface area contributed by atoms with Crippen molar-refractivity contribution in [3.05, 3.63) is 36.0 Å². The Morgan fingerprint density at radius 3 is 2.71 bits per heavy atom. The van der Waals surface area contributed by atoms with Crippen molar-refractivity contribution in [3.8, 4) is 0 Å². The number of hydrogen-bond donors (Lipinski definition) is 2. The zero-order valence-corrected chi connectivity index (χ0v) is 10.2. The highest BCUT2D eigenvalue weighted by Gasteiger charge is 2.28. The molecule has 0 radical (unpaired) electrons. The molecule has 1 aromatic carbocycles. The van der Waals surface area contributed by atoms with E-state index in [9.17, 15) is 0 Å². The maximum atomic E-state index is 6.53. The van der Waals surface area contributed by atoms with Crippen molar-refractivity contribution in [3.63, 3.8) is 0 Å². The summed E-state index contributed by atoms with van der Waals surface area (Å²) in [4.78, 5) is 3.34. The van der Waals surface area contributed by atoms with Crippen molar-refractivity contribution in [2.45, 2.75) is 44.1 Å². The molecule has 3 N–H and O–H groups in total. The van der Waals surface area contributed by atoms with Gasteiger partial charge < -0.3 is 10.7 Å². The van der Waals surface area contributed by atoms with Crippen LogP contribution in [0.5, 0.6) is 0 Å². The van der Waals surface area contributed by atoms with Crippen LogP contribution in [0.3, 0.4) is 0 Å². The minimum absolute atomic E-state index is 0.0310. The first-order valence-corrected chi connectivity index (χ1v) is 6.61. The van der Waals surface area contributed by atoms with E-state index in [4.69, 9.17) is 5.73 Å². The molecule has 2 nitrogen and oxygen atoms in total. The topological polar surface area (TPSA) is 41.8 Å². The molecule has 1 aliphatic rings. The van der Waals surface area contributed by atoms with Crippen LogP contribution in [0, 0.1) is 0 Å². The normalized spacial score (nSPS) is 19.6. The molecule has 1 saturated carbocycles. The van der Waals surface area contributed by atoms with Gasteiger partial charge >= 0.3 is 0 Å². The molecule has 0 aliphatic heterocycles. The van der Waals surface area contributed by atoms with Gasteiger partial charge in [0.1, 0.15) is 0 Å². The molecule has 17 heavy (non-hydrogen) atoms. The first-order valence-electron chi connectivity index (χ1n) is 6.61. The first-order chi connectivity index (χ1) is 8.27. The maximum absolute atomic E-state index is 6.53. The van der Waals surface area contributed by atoms with Gasteiger partial charge in [-0.25, -0.2) is 0 Å². The fraction of sp³-hybridized carbons (Fsp3) is 0.467. The second-order valence-electron chi connectivity index (χ2n) is 5.46. The summed E-state index contributed by atoms with van der Waals surface area (Å²) < 4.78 is 0. The van der Waals surface area contributed by atoms with Crippen LogP contribution >= 0.6 is 0 Å². The fourth-order valence-corrected chi connectivity index (χ4v) is 3.09. The van der Waals surface area contributed by atoms with Crippen molar-refractivity contribution >= 4 is 10.9 Å². The Hall–Kier alpha value is -1.28. The van der Waals surface area contributed by atoms with Crippen LogP contribution in [-0.4, -0.2) is 10.5 Å². The van der Waals surface area contributed by atoms with Gasteiger partial charge in [-0.15, -0.1) is 0 Å². The number of aromatic amines is 1. The molecule has 0 saturated heterocycles. The number of nitrogens with one attached hydrogen (secondary N) is 1. The van der Waals surface area contributed by atoms with Crippen LogP contribution in [0.25, 0.3) is 10.9 Å². The number of para-hydroxylation sites is 1. The summed E-state index contributed by atoms with van der Waals surface area (Å²) in [6.07, 6.45) is 9.43. The Morgan fingerprint density at radius 1 is 1.12 bits per heavy atom. The Labute approximate surface area is 102 Å². The Kier molecular flexibility index (Phi) is 2.67. The van der Waals surface area contributed by atoms with Crippen LogP contribution in [0.15, 0.2) is 30.5 Å². The largest absolute Gasteiger partial charge is 0.361 e. The zero-order chi connectivity index (χ0) is 11.7. The zero-order valence-electron chi connectivity index (χ0n) is 10.2. The van der Waals surface area contributed by atoms with Crippen molar-refractivity contribution in [2.75, 3.05) is 0 Å². The number of fused-ring (bicyclic) bond motifs is 1. The van der Waals surface area contributed by atoms with Crippen molar-refractivity contribution in [1.82, 2.24) is 4.98 Å². The molecule has 1 fully saturated rings. The molecular formula is C15H20N2. The standard InChI is InChI=1S/C15H20N2/c16-15(8-4-1-5-9-15)10-12-11-17-14-7-3-2-6-13(12)14/h2-3,6-7,11,17H,1,4-5,8-10,16H2. The average Bonchev–Trinajstić information content (AvgIpc) is 2.73. The van der Waals surface area contributed by atoms with Crippen LogP contribution in [0.1, 0.15) is 37.7 Å². The molecule has 1 heterocycles. The third kappa shape index (κ3) is 2.09. The molecule has 1 aliphatic carbocycles. The second-order valence-corrected chi connectivity index (χ2v) is 5.46. The quantitative estimate of drug-likeness (QED) is 0.813. The third-order valence-electron chi connectivity index (χ3n) is 4.07. The monoisotopic (exact) mass is 228 g/mol. The van der Waals surface area contributed by atoms with Crippen molar-refractivity contribution in [1.29, 1.82) is 0 Å². The number of aromatic nitrogens is 1. The highest BCUT2D eigenvalue weighted by Crippen LogP contribution is 2.31. The van der Waals surface area contributed by atoms with E-state index in [0.717, 1.165) is 6.42 Å². The lowest BCUT2D eigenvalue weighted by Gasteiger charge is -2.33. The fourth-order valence-electron chi connectivity index (χ4n) is 3.09. The summed E-state index contributed by atoms with van der Waals surface area (Å²) in [5.41, 5.74) is 9.16. The summed E-state index contributed by atoms with van der Waals surface area (Å²) in [6, 6.07) is 8.49. The summed E-state index contributed by atoms with van der Waals surface area (Å²) in [6.45, 7) is 0. The van der Waals surface area contributed by atoms with Gasteiger partial charge in [-0.2, -0.15) is 0 Å². The van der Waals surface area contributed by atoms with Gasteiger partial charge in [0.05, 0.1) is 0 Å². The van der Waals surface area contributed by atoms with E-state index in [-0.39, 0.29) is 5.54 Å². The SMILES string of the molecule is NC1(Cc2c[nH]c3ccccc23)CCCCC1. The molecule has 2 aromatic rings. The molecule has 1 aromatic heterocycles. The lowest BCUT2D eigenvalue weighted by molar-refractivity contribution is 0.295. The first kappa shape index (κ1) is 10.8. The molecule has 90 valence electrons. The van der Waals surface area contributed by atoms with Gasteiger partial charge in [-0.05, 0) is 30.9 Å².